The molecule has 12 heteroatoms. The van der Waals surface area contributed by atoms with E-state index in [9.17, 15) is 14.0 Å². The lowest BCUT2D eigenvalue weighted by atomic mass is 10.1. The highest BCUT2D eigenvalue weighted by Crippen LogP contribution is 2.33. The van der Waals surface area contributed by atoms with Gasteiger partial charge in [-0.2, -0.15) is 4.68 Å². The number of hydrogen-bond acceptors (Lipinski definition) is 10. The molecule has 35 heavy (non-hydrogen) atoms. The van der Waals surface area contributed by atoms with Gasteiger partial charge in [0.05, 0.1) is 0 Å². The van der Waals surface area contributed by atoms with Crippen molar-refractivity contribution in [2.24, 2.45) is 0 Å². The molecule has 0 amide bonds. The second-order valence-electron chi connectivity index (χ2n) is 7.33. The quantitative estimate of drug-likeness (QED) is 0.320. The third kappa shape index (κ3) is 4.62. The summed E-state index contributed by atoms with van der Waals surface area (Å²) < 4.78 is 35.0. The van der Waals surface area contributed by atoms with Crippen LogP contribution in [0.15, 0.2) is 72.7 Å². The molecule has 2 aromatic carbocycles. The van der Waals surface area contributed by atoms with Crippen LogP contribution in [0.1, 0.15) is 11.7 Å². The summed E-state index contributed by atoms with van der Waals surface area (Å²) in [5.41, 5.74) is 2.26. The van der Waals surface area contributed by atoms with Crippen LogP contribution in [0.2, 0.25) is 0 Å². The van der Waals surface area contributed by atoms with Crippen LogP contribution in [0, 0.1) is 12.7 Å². The summed E-state index contributed by atoms with van der Waals surface area (Å²) in [5, 5.41) is 15.9. The highest BCUT2D eigenvalue weighted by Gasteiger charge is 2.22. The molecule has 0 unspecified atom stereocenters. The highest BCUT2D eigenvalue weighted by molar-refractivity contribution is 5.77. The Labute approximate surface area is 195 Å². The van der Waals surface area contributed by atoms with Gasteiger partial charge in [-0.15, -0.1) is 15.3 Å². The maximum absolute atomic E-state index is 13.1. The van der Waals surface area contributed by atoms with Crippen LogP contribution in [0.3, 0.4) is 0 Å². The van der Waals surface area contributed by atoms with Crippen LogP contribution in [0.25, 0.3) is 34.2 Å². The Morgan fingerprint density at radius 1 is 1.00 bits per heavy atom. The van der Waals surface area contributed by atoms with Gasteiger partial charge >= 0.3 is 11.7 Å². The number of hydrogen-bond donors (Lipinski definition) is 0. The number of carbonyl (C=O) groups is 1. The Bertz CT molecular complexity index is 1530. The molecule has 0 aliphatic rings. The molecule has 0 radical (unpaired) electrons. The summed E-state index contributed by atoms with van der Waals surface area (Å²) >= 11 is 0. The van der Waals surface area contributed by atoms with Crippen molar-refractivity contribution in [3.05, 3.63) is 82.6 Å². The van der Waals surface area contributed by atoms with E-state index in [-0.39, 0.29) is 24.3 Å². The molecule has 3 heterocycles. The summed E-state index contributed by atoms with van der Waals surface area (Å²) in [5.74, 6) is -1.47. The van der Waals surface area contributed by atoms with Crippen LogP contribution >= 0.6 is 0 Å². The van der Waals surface area contributed by atoms with E-state index < -0.39 is 24.1 Å². The zero-order chi connectivity index (χ0) is 24.4. The van der Waals surface area contributed by atoms with E-state index in [1.165, 1.54) is 24.3 Å². The van der Waals surface area contributed by atoms with Crippen LogP contribution in [-0.2, 0) is 22.7 Å². The van der Waals surface area contributed by atoms with Gasteiger partial charge in [-0.05, 0) is 31.2 Å². The number of aryl methyl sites for hydroxylation is 1. The van der Waals surface area contributed by atoms with Crippen molar-refractivity contribution in [3.8, 4) is 34.2 Å². The molecule has 0 atom stereocenters. The lowest BCUT2D eigenvalue weighted by Crippen LogP contribution is -2.23. The number of ether oxygens (including phenoxy) is 1. The fourth-order valence-electron chi connectivity index (χ4n) is 3.26. The second kappa shape index (κ2) is 9.17. The van der Waals surface area contributed by atoms with Gasteiger partial charge < -0.3 is 18.1 Å². The van der Waals surface area contributed by atoms with E-state index in [2.05, 4.69) is 20.5 Å². The van der Waals surface area contributed by atoms with Gasteiger partial charge in [0.25, 0.3) is 11.8 Å². The molecule has 176 valence electrons. The highest BCUT2D eigenvalue weighted by atomic mass is 19.1. The Morgan fingerprint density at radius 2 is 1.77 bits per heavy atom. The van der Waals surface area contributed by atoms with Gasteiger partial charge in [0.1, 0.15) is 29.4 Å². The van der Waals surface area contributed by atoms with Gasteiger partial charge in [0.15, 0.2) is 6.61 Å². The largest absolute Gasteiger partial charge is 0.454 e. The predicted octanol–water partition coefficient (Wildman–Crippen LogP) is 3.40. The minimum Gasteiger partial charge on any atom is -0.454 e. The molecule has 0 aliphatic carbocycles. The molecule has 5 aromatic rings. The maximum Gasteiger partial charge on any atom is 0.437 e. The Morgan fingerprint density at radius 3 is 2.54 bits per heavy atom. The number of benzene rings is 2. The van der Waals surface area contributed by atoms with E-state index in [1.54, 1.807) is 6.92 Å². The fourth-order valence-corrected chi connectivity index (χ4v) is 3.26. The van der Waals surface area contributed by atoms with Crippen molar-refractivity contribution in [3.63, 3.8) is 0 Å². The van der Waals surface area contributed by atoms with Crippen molar-refractivity contribution in [2.45, 2.75) is 20.1 Å². The van der Waals surface area contributed by atoms with Crippen LogP contribution in [0.4, 0.5) is 4.39 Å². The van der Waals surface area contributed by atoms with Crippen molar-refractivity contribution >= 4 is 5.97 Å². The average molecular weight is 477 g/mol. The molecule has 0 saturated carbocycles. The Balaban J connectivity index is 1.25. The number of nitrogens with zero attached hydrogens (tertiary/aromatic N) is 5. The van der Waals surface area contributed by atoms with Crippen molar-refractivity contribution in [2.75, 3.05) is 0 Å². The molecule has 0 spiro atoms. The molecule has 0 aliphatic heterocycles. The number of carbonyl (C=O) groups excluding carboxylic acids is 1. The second-order valence-corrected chi connectivity index (χ2v) is 7.33. The van der Waals surface area contributed by atoms with Gasteiger partial charge in [-0.3, -0.25) is 4.79 Å². The van der Waals surface area contributed by atoms with E-state index in [0.717, 1.165) is 10.2 Å². The predicted molar refractivity (Wildman–Crippen MR) is 116 cm³/mol. The molecular weight excluding hydrogens is 461 g/mol. The van der Waals surface area contributed by atoms with Gasteiger partial charge in [-0.25, -0.2) is 9.18 Å². The molecule has 5 rings (SSSR count). The van der Waals surface area contributed by atoms with Crippen LogP contribution < -0.4 is 5.76 Å². The topological polar surface area (TPSA) is 139 Å². The Kier molecular flexibility index (Phi) is 5.75. The first-order valence-electron chi connectivity index (χ1n) is 10.3. The minimum atomic E-state index is -0.863. The summed E-state index contributed by atoms with van der Waals surface area (Å²) in [6, 6.07) is 14.5. The van der Waals surface area contributed by atoms with Gasteiger partial charge in [-0.1, -0.05) is 35.5 Å². The van der Waals surface area contributed by atoms with Gasteiger partial charge in [0.2, 0.25) is 5.89 Å². The van der Waals surface area contributed by atoms with E-state index in [0.29, 0.717) is 22.6 Å². The SMILES string of the molecule is Cc1onc(-c2ccccc2)c1-c1nnc(COC(=O)Cn2nc(-c3ccc(F)cc3)oc2=O)o1. The summed E-state index contributed by atoms with van der Waals surface area (Å²) in [6.07, 6.45) is 0. The molecular formula is C23H16FN5O6. The maximum atomic E-state index is 13.1. The number of halogens is 1. The first-order chi connectivity index (χ1) is 17.0. The lowest BCUT2D eigenvalue weighted by Gasteiger charge is -2.01. The van der Waals surface area contributed by atoms with Crippen molar-refractivity contribution in [1.82, 2.24) is 25.1 Å². The number of esters is 1. The number of rotatable bonds is 7. The van der Waals surface area contributed by atoms with E-state index >= 15 is 0 Å². The summed E-state index contributed by atoms with van der Waals surface area (Å²) in [7, 11) is 0. The average Bonchev–Trinajstić information content (AvgIpc) is 3.57. The normalized spacial score (nSPS) is 11.0. The van der Waals surface area contributed by atoms with Gasteiger partial charge in [0, 0.05) is 11.1 Å². The summed E-state index contributed by atoms with van der Waals surface area (Å²) in [4.78, 5) is 24.2. The third-order valence-electron chi connectivity index (χ3n) is 4.92. The fraction of sp³-hybridized carbons (Fsp3) is 0.130. The zero-order valence-corrected chi connectivity index (χ0v) is 18.2. The first kappa shape index (κ1) is 21.9. The van der Waals surface area contributed by atoms with E-state index in [4.69, 9.17) is 18.1 Å². The van der Waals surface area contributed by atoms with Crippen molar-refractivity contribution in [1.29, 1.82) is 0 Å². The number of aromatic nitrogens is 5. The molecule has 0 saturated heterocycles. The smallest absolute Gasteiger partial charge is 0.437 e. The molecule has 11 nitrogen and oxygen atoms in total. The molecule has 0 bridgehead atoms. The first-order valence-corrected chi connectivity index (χ1v) is 10.3. The monoisotopic (exact) mass is 477 g/mol. The van der Waals surface area contributed by atoms with E-state index in [1.807, 2.05) is 30.3 Å². The standard InChI is InChI=1S/C23H16FN5O6/c1-13-19(20(28-35-13)14-5-3-2-4-6-14)22-26-25-17(33-22)12-32-18(30)11-29-23(31)34-21(27-29)15-7-9-16(24)10-8-15/h2-10H,11-12H2,1H3. The lowest BCUT2D eigenvalue weighted by molar-refractivity contribution is -0.146. The zero-order valence-electron chi connectivity index (χ0n) is 18.2. The summed E-state index contributed by atoms with van der Waals surface area (Å²) in [6.45, 7) is 0.885. The third-order valence-corrected chi connectivity index (χ3v) is 4.92. The van der Waals surface area contributed by atoms with Crippen LogP contribution in [-0.4, -0.2) is 31.1 Å². The molecule has 0 N–H and O–H groups in total. The molecule has 0 fully saturated rings. The minimum absolute atomic E-state index is 0.0347. The van der Waals surface area contributed by atoms with Crippen molar-refractivity contribution < 1.29 is 27.3 Å². The Hall–Kier alpha value is -4.87. The van der Waals surface area contributed by atoms with Crippen LogP contribution in [0.5, 0.6) is 0 Å². The molecule has 3 aromatic heterocycles.